The molecular formula is C9H9ClO5S. The van der Waals surface area contributed by atoms with Gasteiger partial charge in [0.2, 0.25) is 0 Å². The zero-order valence-corrected chi connectivity index (χ0v) is 9.83. The monoisotopic (exact) mass is 264 g/mol. The lowest BCUT2D eigenvalue weighted by atomic mass is 10.3. The van der Waals surface area contributed by atoms with E-state index in [1.807, 2.05) is 0 Å². The Morgan fingerprint density at radius 1 is 1.38 bits per heavy atom. The molecular weight excluding hydrogens is 256 g/mol. The smallest absolute Gasteiger partial charge is 0.344 e. The van der Waals surface area contributed by atoms with E-state index in [9.17, 15) is 13.2 Å². The van der Waals surface area contributed by atoms with Gasteiger partial charge >= 0.3 is 5.97 Å². The minimum atomic E-state index is -3.76. The number of carboxylic acids is 1. The van der Waals surface area contributed by atoms with Crippen LogP contribution in [0.2, 0.25) is 0 Å². The highest BCUT2D eigenvalue weighted by atomic mass is 35.7. The summed E-state index contributed by atoms with van der Waals surface area (Å²) in [6.07, 6.45) is -1.00. The number of aliphatic carboxylic acids is 1. The van der Waals surface area contributed by atoms with Crippen molar-refractivity contribution in [1.82, 2.24) is 0 Å². The molecule has 1 rings (SSSR count). The summed E-state index contributed by atoms with van der Waals surface area (Å²) < 4.78 is 26.8. The number of rotatable bonds is 4. The molecule has 0 aliphatic carbocycles. The summed E-state index contributed by atoms with van der Waals surface area (Å²) in [4.78, 5) is 10.4. The molecule has 7 heteroatoms. The second kappa shape index (κ2) is 4.71. The highest BCUT2D eigenvalue weighted by Gasteiger charge is 2.13. The number of carboxylic acid groups (broad SMARTS) is 1. The molecule has 88 valence electrons. The lowest BCUT2D eigenvalue weighted by molar-refractivity contribution is -0.144. The van der Waals surface area contributed by atoms with Crippen molar-refractivity contribution in [3.8, 4) is 5.75 Å². The van der Waals surface area contributed by atoms with Crippen molar-refractivity contribution in [1.29, 1.82) is 0 Å². The summed E-state index contributed by atoms with van der Waals surface area (Å²) in [6, 6.07) is 5.17. The molecule has 0 bridgehead atoms. The molecule has 1 atom stereocenters. The zero-order valence-electron chi connectivity index (χ0n) is 8.25. The van der Waals surface area contributed by atoms with Gasteiger partial charge in [-0.1, -0.05) is 0 Å². The molecule has 0 fully saturated rings. The Balaban J connectivity index is 2.84. The van der Waals surface area contributed by atoms with Crippen LogP contribution in [-0.4, -0.2) is 25.6 Å². The highest BCUT2D eigenvalue weighted by Crippen LogP contribution is 2.19. The number of ether oxygens (including phenoxy) is 1. The predicted molar refractivity (Wildman–Crippen MR) is 57.2 cm³/mol. The fraction of sp³-hybridized carbons (Fsp3) is 0.222. The summed E-state index contributed by atoms with van der Waals surface area (Å²) in [5, 5.41) is 8.59. The Kier molecular flexibility index (Phi) is 3.77. The lowest BCUT2D eigenvalue weighted by Crippen LogP contribution is -2.22. The van der Waals surface area contributed by atoms with Gasteiger partial charge < -0.3 is 9.84 Å². The number of hydrogen-bond acceptors (Lipinski definition) is 4. The summed E-state index contributed by atoms with van der Waals surface area (Å²) in [6.45, 7) is 1.37. The van der Waals surface area contributed by atoms with Crippen molar-refractivity contribution in [3.05, 3.63) is 24.3 Å². The van der Waals surface area contributed by atoms with Gasteiger partial charge in [-0.15, -0.1) is 0 Å². The van der Waals surface area contributed by atoms with E-state index in [0.29, 0.717) is 0 Å². The highest BCUT2D eigenvalue weighted by molar-refractivity contribution is 8.13. The maximum absolute atomic E-state index is 10.9. The molecule has 1 N–H and O–H groups in total. The normalized spacial score (nSPS) is 13.1. The Morgan fingerprint density at radius 3 is 2.25 bits per heavy atom. The molecule has 5 nitrogen and oxygen atoms in total. The summed E-state index contributed by atoms with van der Waals surface area (Å²) in [5.41, 5.74) is 0. The van der Waals surface area contributed by atoms with E-state index in [4.69, 9.17) is 20.5 Å². The van der Waals surface area contributed by atoms with Gasteiger partial charge in [0.1, 0.15) is 5.75 Å². The second-order valence-electron chi connectivity index (χ2n) is 3.01. The number of benzene rings is 1. The van der Waals surface area contributed by atoms with E-state index >= 15 is 0 Å². The van der Waals surface area contributed by atoms with Gasteiger partial charge in [-0.05, 0) is 31.2 Å². The van der Waals surface area contributed by atoms with Crippen LogP contribution in [0, 0.1) is 0 Å². The molecule has 1 aromatic rings. The fourth-order valence-corrected chi connectivity index (χ4v) is 1.71. The molecule has 0 aliphatic heterocycles. The molecule has 16 heavy (non-hydrogen) atoms. The van der Waals surface area contributed by atoms with E-state index in [-0.39, 0.29) is 10.6 Å². The van der Waals surface area contributed by atoms with Crippen molar-refractivity contribution in [2.75, 3.05) is 0 Å². The molecule has 0 amide bonds. The van der Waals surface area contributed by atoms with Crippen molar-refractivity contribution >= 4 is 25.7 Å². The molecule has 1 unspecified atom stereocenters. The van der Waals surface area contributed by atoms with Crippen LogP contribution in [0.4, 0.5) is 0 Å². The molecule has 0 saturated heterocycles. The van der Waals surface area contributed by atoms with E-state index in [0.717, 1.165) is 0 Å². The van der Waals surface area contributed by atoms with Crippen molar-refractivity contribution in [2.45, 2.75) is 17.9 Å². The Labute approximate surface area is 97.0 Å². The van der Waals surface area contributed by atoms with E-state index in [2.05, 4.69) is 0 Å². The Bertz CT molecular complexity index is 479. The molecule has 0 spiro atoms. The van der Waals surface area contributed by atoms with Gasteiger partial charge in [-0.2, -0.15) is 0 Å². The second-order valence-corrected chi connectivity index (χ2v) is 5.57. The SMILES string of the molecule is CC(Oc1ccc(S(=O)(=O)Cl)cc1)C(=O)O. The first-order chi connectivity index (χ1) is 7.30. The van der Waals surface area contributed by atoms with E-state index in [1.165, 1.54) is 31.2 Å². The van der Waals surface area contributed by atoms with E-state index in [1.54, 1.807) is 0 Å². The first-order valence-corrected chi connectivity index (χ1v) is 6.56. The van der Waals surface area contributed by atoms with Crippen molar-refractivity contribution in [3.63, 3.8) is 0 Å². The molecule has 0 aliphatic rings. The van der Waals surface area contributed by atoms with Gasteiger partial charge in [0, 0.05) is 10.7 Å². The first-order valence-electron chi connectivity index (χ1n) is 4.25. The van der Waals surface area contributed by atoms with Crippen LogP contribution >= 0.6 is 10.7 Å². The third-order valence-corrected chi connectivity index (χ3v) is 3.14. The van der Waals surface area contributed by atoms with Crippen LogP contribution < -0.4 is 4.74 Å². The van der Waals surface area contributed by atoms with Crippen LogP contribution in [0.5, 0.6) is 5.75 Å². The van der Waals surface area contributed by atoms with Gasteiger partial charge in [-0.3, -0.25) is 0 Å². The van der Waals surface area contributed by atoms with Crippen LogP contribution in [0.1, 0.15) is 6.92 Å². The topological polar surface area (TPSA) is 80.7 Å². The molecule has 0 saturated carbocycles. The minimum Gasteiger partial charge on any atom is -0.479 e. The van der Waals surface area contributed by atoms with Crippen molar-refractivity contribution < 1.29 is 23.1 Å². The third kappa shape index (κ3) is 3.39. The van der Waals surface area contributed by atoms with Crippen LogP contribution in [0.15, 0.2) is 29.2 Å². The summed E-state index contributed by atoms with van der Waals surface area (Å²) in [5.74, 6) is -0.840. The van der Waals surface area contributed by atoms with Gasteiger partial charge in [-0.25, -0.2) is 13.2 Å². The maximum Gasteiger partial charge on any atom is 0.344 e. The number of hydrogen-bond donors (Lipinski definition) is 1. The maximum atomic E-state index is 10.9. The summed E-state index contributed by atoms with van der Waals surface area (Å²) in [7, 11) is 1.34. The van der Waals surface area contributed by atoms with E-state index < -0.39 is 21.1 Å². The lowest BCUT2D eigenvalue weighted by Gasteiger charge is -2.09. The van der Waals surface area contributed by atoms with Crippen LogP contribution in [0.3, 0.4) is 0 Å². The average Bonchev–Trinajstić information content (AvgIpc) is 2.17. The van der Waals surface area contributed by atoms with Crippen molar-refractivity contribution in [2.24, 2.45) is 0 Å². The summed E-state index contributed by atoms with van der Waals surface area (Å²) >= 11 is 0. The standard InChI is InChI=1S/C9H9ClO5S/c1-6(9(11)12)15-7-2-4-8(5-3-7)16(10,13)14/h2-6H,1H3,(H,11,12). The van der Waals surface area contributed by atoms with Gasteiger partial charge in [0.05, 0.1) is 4.90 Å². The molecule has 0 radical (unpaired) electrons. The Morgan fingerprint density at radius 2 is 1.88 bits per heavy atom. The average molecular weight is 265 g/mol. The molecule has 0 aromatic heterocycles. The molecule has 1 aromatic carbocycles. The van der Waals surface area contributed by atoms with Crippen LogP contribution in [0.25, 0.3) is 0 Å². The van der Waals surface area contributed by atoms with Gasteiger partial charge in [0.25, 0.3) is 9.05 Å². The zero-order chi connectivity index (χ0) is 12.3. The van der Waals surface area contributed by atoms with Gasteiger partial charge in [0.15, 0.2) is 6.10 Å². The first kappa shape index (κ1) is 12.8. The predicted octanol–water partition coefficient (Wildman–Crippen LogP) is 1.47. The largest absolute Gasteiger partial charge is 0.479 e. The molecule has 0 heterocycles. The Hall–Kier alpha value is -1.27. The fourth-order valence-electron chi connectivity index (χ4n) is 0.935. The minimum absolute atomic E-state index is 0.0653. The number of halogens is 1. The number of carbonyl (C=O) groups is 1. The third-order valence-electron chi connectivity index (χ3n) is 1.77. The van der Waals surface area contributed by atoms with Crippen LogP contribution in [-0.2, 0) is 13.8 Å². The quantitative estimate of drug-likeness (QED) is 0.833.